The molecule has 1 aliphatic carbocycles. The van der Waals surface area contributed by atoms with E-state index in [1.165, 1.54) is 17.7 Å². The van der Waals surface area contributed by atoms with E-state index in [-0.39, 0.29) is 18.6 Å². The Hall–Kier alpha value is -2.34. The molecule has 0 unspecified atom stereocenters. The van der Waals surface area contributed by atoms with Gasteiger partial charge in [-0.25, -0.2) is 4.79 Å². The largest absolute Gasteiger partial charge is 0.452 e. The Morgan fingerprint density at radius 1 is 1.33 bits per heavy atom. The van der Waals surface area contributed by atoms with Crippen molar-refractivity contribution in [2.24, 2.45) is 5.92 Å². The van der Waals surface area contributed by atoms with E-state index in [2.05, 4.69) is 17.2 Å². The summed E-state index contributed by atoms with van der Waals surface area (Å²) in [6.45, 7) is 3.20. The van der Waals surface area contributed by atoms with Crippen LogP contribution in [0.1, 0.15) is 47.8 Å². The third-order valence-corrected chi connectivity index (χ3v) is 5.56. The molecule has 2 aromatic rings. The number of rotatable bonds is 5. The number of ether oxygens (including phenoxy) is 2. The maximum Gasteiger partial charge on any atom is 0.338 e. The number of carbonyl (C=O) groups is 2. The topological polar surface area (TPSA) is 80.4 Å². The third kappa shape index (κ3) is 4.00. The lowest BCUT2D eigenvalue weighted by molar-refractivity contribution is -0.124. The Morgan fingerprint density at radius 2 is 2.22 bits per heavy atom. The van der Waals surface area contributed by atoms with Crippen LogP contribution in [0.15, 0.2) is 18.2 Å². The highest BCUT2D eigenvalue weighted by Crippen LogP contribution is 2.32. The van der Waals surface area contributed by atoms with Crippen molar-refractivity contribution in [3.05, 3.63) is 35.0 Å². The van der Waals surface area contributed by atoms with Crippen LogP contribution in [0.25, 0.3) is 10.9 Å². The van der Waals surface area contributed by atoms with Crippen molar-refractivity contribution in [1.29, 1.82) is 0 Å². The van der Waals surface area contributed by atoms with E-state index in [9.17, 15) is 9.59 Å². The molecular formula is C21H26N2O4. The lowest BCUT2D eigenvalue weighted by Crippen LogP contribution is -2.34. The molecule has 144 valence electrons. The van der Waals surface area contributed by atoms with Gasteiger partial charge in [-0.05, 0) is 61.8 Å². The van der Waals surface area contributed by atoms with Crippen molar-refractivity contribution >= 4 is 22.8 Å². The van der Waals surface area contributed by atoms with Crippen LogP contribution in [-0.4, -0.2) is 42.7 Å². The minimum atomic E-state index is -0.469. The van der Waals surface area contributed by atoms with Crippen molar-refractivity contribution in [2.75, 3.05) is 19.8 Å². The monoisotopic (exact) mass is 370 g/mol. The highest BCUT2D eigenvalue weighted by Gasteiger charge is 2.21. The summed E-state index contributed by atoms with van der Waals surface area (Å²) in [5.41, 5.74) is 4.13. The summed E-state index contributed by atoms with van der Waals surface area (Å²) < 4.78 is 10.7. The number of amides is 1. The van der Waals surface area contributed by atoms with Gasteiger partial charge in [0.25, 0.3) is 5.91 Å². The zero-order chi connectivity index (χ0) is 18.8. The zero-order valence-electron chi connectivity index (χ0n) is 15.7. The molecule has 27 heavy (non-hydrogen) atoms. The molecule has 2 atom stereocenters. The molecule has 6 heteroatoms. The van der Waals surface area contributed by atoms with E-state index in [4.69, 9.17) is 9.47 Å². The van der Waals surface area contributed by atoms with Crippen LogP contribution in [-0.2, 0) is 27.1 Å². The van der Waals surface area contributed by atoms with Crippen molar-refractivity contribution < 1.29 is 19.1 Å². The van der Waals surface area contributed by atoms with Crippen LogP contribution in [0.4, 0.5) is 0 Å². The van der Waals surface area contributed by atoms with Gasteiger partial charge in [-0.1, -0.05) is 6.92 Å². The van der Waals surface area contributed by atoms with E-state index >= 15 is 0 Å². The van der Waals surface area contributed by atoms with Crippen LogP contribution in [0, 0.1) is 5.92 Å². The molecule has 6 nitrogen and oxygen atoms in total. The summed E-state index contributed by atoms with van der Waals surface area (Å²) >= 11 is 0. The number of esters is 1. The van der Waals surface area contributed by atoms with Gasteiger partial charge in [-0.2, -0.15) is 0 Å². The maximum absolute atomic E-state index is 12.4. The minimum Gasteiger partial charge on any atom is -0.452 e. The van der Waals surface area contributed by atoms with E-state index in [0.29, 0.717) is 18.0 Å². The molecule has 1 amide bonds. The van der Waals surface area contributed by atoms with Crippen molar-refractivity contribution in [3.63, 3.8) is 0 Å². The molecule has 0 spiro atoms. The molecule has 1 aliphatic heterocycles. The first-order chi connectivity index (χ1) is 13.1. The Balaban J connectivity index is 1.37. The summed E-state index contributed by atoms with van der Waals surface area (Å²) in [5, 5.41) is 3.85. The number of hydrogen-bond donors (Lipinski definition) is 2. The van der Waals surface area contributed by atoms with Crippen molar-refractivity contribution in [1.82, 2.24) is 10.3 Å². The summed E-state index contributed by atoms with van der Waals surface area (Å²) in [7, 11) is 0. The Bertz CT molecular complexity index is 851. The van der Waals surface area contributed by atoms with Gasteiger partial charge in [-0.3, -0.25) is 4.79 Å². The molecule has 0 radical (unpaired) electrons. The molecule has 0 saturated carbocycles. The van der Waals surface area contributed by atoms with Gasteiger partial charge >= 0.3 is 5.97 Å². The van der Waals surface area contributed by atoms with E-state index in [0.717, 1.165) is 43.2 Å². The van der Waals surface area contributed by atoms with Crippen molar-refractivity contribution in [2.45, 2.75) is 45.1 Å². The molecule has 1 aromatic carbocycles. The minimum absolute atomic E-state index is 0.0780. The van der Waals surface area contributed by atoms with Gasteiger partial charge in [0.15, 0.2) is 6.61 Å². The molecule has 4 rings (SSSR count). The smallest absolute Gasteiger partial charge is 0.338 e. The fourth-order valence-corrected chi connectivity index (χ4v) is 4.02. The van der Waals surface area contributed by atoms with Gasteiger partial charge in [0.2, 0.25) is 0 Å². The number of hydrogen-bond acceptors (Lipinski definition) is 4. The zero-order valence-corrected chi connectivity index (χ0v) is 15.7. The molecule has 1 fully saturated rings. The highest BCUT2D eigenvalue weighted by atomic mass is 16.5. The number of benzene rings is 1. The van der Waals surface area contributed by atoms with Gasteiger partial charge in [0.1, 0.15) is 0 Å². The molecular weight excluding hydrogens is 344 g/mol. The summed E-state index contributed by atoms with van der Waals surface area (Å²) in [6.07, 6.45) is 5.33. The number of carbonyl (C=O) groups excluding carboxylic acids is 2. The first kappa shape index (κ1) is 18.0. The summed E-state index contributed by atoms with van der Waals surface area (Å²) in [4.78, 5) is 27.7. The predicted octanol–water partition coefficient (Wildman–Crippen LogP) is 2.74. The first-order valence-corrected chi connectivity index (χ1v) is 9.79. The average Bonchev–Trinajstić information content (AvgIpc) is 3.31. The predicted molar refractivity (Wildman–Crippen MR) is 102 cm³/mol. The number of nitrogens with one attached hydrogen (secondary N) is 2. The Morgan fingerprint density at radius 3 is 3.04 bits per heavy atom. The van der Waals surface area contributed by atoms with Crippen LogP contribution in [0.5, 0.6) is 0 Å². The average molecular weight is 370 g/mol. The van der Waals surface area contributed by atoms with Crippen LogP contribution >= 0.6 is 0 Å². The summed E-state index contributed by atoms with van der Waals surface area (Å²) in [6, 6.07) is 5.56. The number of aryl methyl sites for hydroxylation is 1. The number of aromatic nitrogens is 1. The van der Waals surface area contributed by atoms with Gasteiger partial charge in [0, 0.05) is 29.7 Å². The highest BCUT2D eigenvalue weighted by molar-refractivity contribution is 5.97. The quantitative estimate of drug-likeness (QED) is 0.793. The molecule has 2 aliphatic rings. The van der Waals surface area contributed by atoms with E-state index in [1.54, 1.807) is 6.07 Å². The van der Waals surface area contributed by atoms with Crippen molar-refractivity contribution in [3.8, 4) is 0 Å². The van der Waals surface area contributed by atoms with Crippen LogP contribution in [0.3, 0.4) is 0 Å². The molecule has 1 saturated heterocycles. The number of H-pyrrole nitrogens is 1. The fourth-order valence-electron chi connectivity index (χ4n) is 4.02. The van der Waals surface area contributed by atoms with Crippen LogP contribution in [0.2, 0.25) is 0 Å². The number of fused-ring (bicyclic) bond motifs is 3. The van der Waals surface area contributed by atoms with E-state index in [1.807, 2.05) is 12.1 Å². The number of aromatic amines is 1. The Kier molecular flexibility index (Phi) is 5.16. The standard InChI is InChI=1S/C21H26N2O4/c1-13-4-6-18-16(9-13)17-10-14(5-7-19(17)23-18)21(25)27-12-20(24)22-11-15-3-2-8-26-15/h5,7,10,13,15,23H,2-4,6,8-9,11-12H2,1H3,(H,22,24)/t13-,15+/m0/s1. The molecule has 2 heterocycles. The fraction of sp³-hybridized carbons (Fsp3) is 0.524. The van der Waals surface area contributed by atoms with Gasteiger partial charge < -0.3 is 19.8 Å². The Labute approximate surface area is 158 Å². The molecule has 2 N–H and O–H groups in total. The maximum atomic E-state index is 12.4. The van der Waals surface area contributed by atoms with Crippen LogP contribution < -0.4 is 5.32 Å². The van der Waals surface area contributed by atoms with Gasteiger partial charge in [0.05, 0.1) is 11.7 Å². The summed E-state index contributed by atoms with van der Waals surface area (Å²) in [5.74, 6) is -0.115. The lowest BCUT2D eigenvalue weighted by atomic mass is 9.87. The molecule has 1 aromatic heterocycles. The van der Waals surface area contributed by atoms with E-state index < -0.39 is 5.97 Å². The molecule has 0 bridgehead atoms. The second-order valence-corrected chi connectivity index (χ2v) is 7.71. The lowest BCUT2D eigenvalue weighted by Gasteiger charge is -2.18. The second-order valence-electron chi connectivity index (χ2n) is 7.71. The second kappa shape index (κ2) is 7.72. The van der Waals surface area contributed by atoms with Gasteiger partial charge in [-0.15, -0.1) is 0 Å². The third-order valence-electron chi connectivity index (χ3n) is 5.56. The first-order valence-electron chi connectivity index (χ1n) is 9.79. The normalized spacial score (nSPS) is 21.8. The SMILES string of the molecule is C[C@H]1CCc2[nH]c3ccc(C(=O)OCC(=O)NC[C@H]4CCCO4)cc3c2C1.